The van der Waals surface area contributed by atoms with Crippen molar-refractivity contribution in [2.24, 2.45) is 0 Å². The maximum absolute atomic E-state index is 12.8. The van der Waals surface area contributed by atoms with E-state index in [4.69, 9.17) is 13.6 Å². The number of hydrogen-bond acceptors (Lipinski definition) is 6. The number of esters is 1. The van der Waals surface area contributed by atoms with Gasteiger partial charge in [-0.1, -0.05) is 12.2 Å². The zero-order valence-electron chi connectivity index (χ0n) is 13.3. The van der Waals surface area contributed by atoms with E-state index in [1.807, 2.05) is 0 Å². The molecule has 0 aliphatic carbocycles. The average Bonchev–Trinajstić information content (AvgIpc) is 3.30. The van der Waals surface area contributed by atoms with Gasteiger partial charge in [0.1, 0.15) is 6.10 Å². The van der Waals surface area contributed by atoms with Crippen LogP contribution in [0, 0.1) is 0 Å². The van der Waals surface area contributed by atoms with E-state index in [2.05, 4.69) is 24.1 Å². The van der Waals surface area contributed by atoms with Crippen LogP contribution in [0.1, 0.15) is 24.4 Å². The standard InChI is InChI=1S/C18H19NO5/c1-19-12-6-7-13(19)11-14(10-12)24-17(20)18(21,15-4-2-8-22-15)16-5-3-9-23-16/h2-9,12-14,21H,10-11H2,1H3/t12-,13+,14?. The Kier molecular flexibility index (Phi) is 3.58. The van der Waals surface area contributed by atoms with E-state index >= 15 is 0 Å². The second-order valence-electron chi connectivity index (χ2n) is 6.35. The first-order valence-electron chi connectivity index (χ1n) is 8.00. The maximum Gasteiger partial charge on any atom is 0.354 e. The summed E-state index contributed by atoms with van der Waals surface area (Å²) in [4.78, 5) is 15.1. The average molecular weight is 329 g/mol. The SMILES string of the molecule is CN1[C@@H]2C=C[C@H]1CC(OC(=O)C(O)(c1ccco1)c1ccco1)C2. The Morgan fingerprint density at radius 1 is 1.17 bits per heavy atom. The lowest BCUT2D eigenvalue weighted by Crippen LogP contribution is -2.47. The van der Waals surface area contributed by atoms with Crippen molar-refractivity contribution in [2.45, 2.75) is 36.6 Å². The molecule has 2 bridgehead atoms. The predicted molar refractivity (Wildman–Crippen MR) is 84.0 cm³/mol. The molecule has 24 heavy (non-hydrogen) atoms. The molecule has 0 amide bonds. The molecule has 2 aliphatic rings. The highest BCUT2D eigenvalue weighted by Crippen LogP contribution is 2.35. The number of hydrogen-bond donors (Lipinski definition) is 1. The van der Waals surface area contributed by atoms with Crippen LogP contribution in [0.2, 0.25) is 0 Å². The first kappa shape index (κ1) is 15.2. The van der Waals surface area contributed by atoms with Gasteiger partial charge in [0, 0.05) is 24.9 Å². The summed E-state index contributed by atoms with van der Waals surface area (Å²) in [6.45, 7) is 0. The Bertz CT molecular complexity index is 683. The lowest BCUT2D eigenvalue weighted by molar-refractivity contribution is -0.174. The van der Waals surface area contributed by atoms with E-state index in [-0.39, 0.29) is 29.7 Å². The number of carbonyl (C=O) groups is 1. The summed E-state index contributed by atoms with van der Waals surface area (Å²) >= 11 is 0. The summed E-state index contributed by atoms with van der Waals surface area (Å²) in [5.74, 6) is -0.616. The zero-order valence-corrected chi connectivity index (χ0v) is 13.3. The fraction of sp³-hybridized carbons (Fsp3) is 0.389. The molecular formula is C18H19NO5. The van der Waals surface area contributed by atoms with E-state index in [9.17, 15) is 9.90 Å². The molecule has 4 heterocycles. The molecular weight excluding hydrogens is 310 g/mol. The Hall–Kier alpha value is -2.31. The molecule has 0 radical (unpaired) electrons. The molecule has 1 unspecified atom stereocenters. The molecule has 4 rings (SSSR count). The van der Waals surface area contributed by atoms with Crippen molar-refractivity contribution >= 4 is 5.97 Å². The number of piperidine rings is 1. The summed E-state index contributed by atoms with van der Waals surface area (Å²) in [5, 5.41) is 11.0. The number of likely N-dealkylation sites (N-methyl/N-ethyl adjacent to an activating group) is 1. The van der Waals surface area contributed by atoms with Gasteiger partial charge in [-0.05, 0) is 31.3 Å². The van der Waals surface area contributed by atoms with Crippen LogP contribution < -0.4 is 0 Å². The second kappa shape index (κ2) is 5.65. The van der Waals surface area contributed by atoms with Crippen molar-refractivity contribution in [3.63, 3.8) is 0 Å². The number of nitrogens with zero attached hydrogens (tertiary/aromatic N) is 1. The van der Waals surface area contributed by atoms with Gasteiger partial charge in [-0.25, -0.2) is 4.79 Å². The fourth-order valence-corrected chi connectivity index (χ4v) is 3.52. The van der Waals surface area contributed by atoms with Gasteiger partial charge in [0.05, 0.1) is 12.5 Å². The molecule has 2 aromatic heterocycles. The van der Waals surface area contributed by atoms with Gasteiger partial charge in [0.25, 0.3) is 5.60 Å². The summed E-state index contributed by atoms with van der Waals surface area (Å²) < 4.78 is 16.2. The molecule has 2 aromatic rings. The third-order valence-electron chi connectivity index (χ3n) is 4.94. The minimum atomic E-state index is -2.08. The van der Waals surface area contributed by atoms with Crippen LogP contribution in [-0.2, 0) is 15.1 Å². The number of carbonyl (C=O) groups excluding carboxylic acids is 1. The van der Waals surface area contributed by atoms with Crippen LogP contribution in [0.3, 0.4) is 0 Å². The number of ether oxygens (including phenoxy) is 1. The van der Waals surface area contributed by atoms with Crippen LogP contribution in [0.4, 0.5) is 0 Å². The summed E-state index contributed by atoms with van der Waals surface area (Å²) in [6.07, 6.45) is 8.25. The minimum Gasteiger partial charge on any atom is -0.465 e. The third-order valence-corrected chi connectivity index (χ3v) is 4.94. The first-order valence-corrected chi connectivity index (χ1v) is 8.00. The molecule has 3 atom stereocenters. The van der Waals surface area contributed by atoms with Gasteiger partial charge in [-0.15, -0.1) is 0 Å². The Balaban J connectivity index is 1.57. The topological polar surface area (TPSA) is 76.0 Å². The highest BCUT2D eigenvalue weighted by atomic mass is 16.6. The largest absolute Gasteiger partial charge is 0.465 e. The maximum atomic E-state index is 12.8. The highest BCUT2D eigenvalue weighted by molar-refractivity contribution is 5.83. The lowest BCUT2D eigenvalue weighted by Gasteiger charge is -2.36. The van der Waals surface area contributed by atoms with E-state index in [1.165, 1.54) is 24.7 Å². The van der Waals surface area contributed by atoms with Gasteiger partial charge >= 0.3 is 5.97 Å². The van der Waals surface area contributed by atoms with Crippen molar-refractivity contribution in [1.29, 1.82) is 0 Å². The normalized spacial score (nSPS) is 26.7. The van der Waals surface area contributed by atoms with Crippen molar-refractivity contribution in [1.82, 2.24) is 4.90 Å². The fourth-order valence-electron chi connectivity index (χ4n) is 3.52. The predicted octanol–water partition coefficient (Wildman–Crippen LogP) is 2.05. The smallest absolute Gasteiger partial charge is 0.354 e. The monoisotopic (exact) mass is 329 g/mol. The molecule has 1 saturated heterocycles. The Labute approximate surface area is 139 Å². The molecule has 0 aromatic carbocycles. The van der Waals surface area contributed by atoms with E-state index < -0.39 is 11.6 Å². The van der Waals surface area contributed by atoms with E-state index in [0.29, 0.717) is 12.8 Å². The number of furan rings is 2. The summed E-state index contributed by atoms with van der Waals surface area (Å²) in [5.41, 5.74) is -2.08. The van der Waals surface area contributed by atoms with Crippen molar-refractivity contribution < 1.29 is 23.5 Å². The zero-order chi connectivity index (χ0) is 16.7. The molecule has 1 N–H and O–H groups in total. The van der Waals surface area contributed by atoms with Gasteiger partial charge < -0.3 is 18.7 Å². The van der Waals surface area contributed by atoms with Gasteiger partial charge in [-0.3, -0.25) is 4.90 Å². The number of aliphatic hydroxyl groups is 1. The van der Waals surface area contributed by atoms with Crippen LogP contribution >= 0.6 is 0 Å². The van der Waals surface area contributed by atoms with Crippen molar-refractivity contribution in [3.8, 4) is 0 Å². The van der Waals surface area contributed by atoms with Crippen molar-refractivity contribution in [3.05, 3.63) is 60.5 Å². The summed E-state index contributed by atoms with van der Waals surface area (Å²) in [6, 6.07) is 6.81. The van der Waals surface area contributed by atoms with Crippen molar-refractivity contribution in [2.75, 3.05) is 7.05 Å². The number of rotatable bonds is 4. The van der Waals surface area contributed by atoms with Crippen LogP contribution in [0.15, 0.2) is 57.8 Å². The molecule has 1 fully saturated rings. The van der Waals surface area contributed by atoms with Crippen LogP contribution in [0.5, 0.6) is 0 Å². The summed E-state index contributed by atoms with van der Waals surface area (Å²) in [7, 11) is 2.06. The van der Waals surface area contributed by atoms with Gasteiger partial charge in [-0.2, -0.15) is 0 Å². The quantitative estimate of drug-likeness (QED) is 0.683. The molecule has 0 saturated carbocycles. The second-order valence-corrected chi connectivity index (χ2v) is 6.35. The highest BCUT2D eigenvalue weighted by Gasteiger charge is 2.49. The molecule has 0 spiro atoms. The third kappa shape index (κ3) is 2.30. The number of fused-ring (bicyclic) bond motifs is 2. The molecule has 2 aliphatic heterocycles. The van der Waals surface area contributed by atoms with Gasteiger partial charge in [0.15, 0.2) is 11.5 Å². The first-order chi connectivity index (χ1) is 11.6. The van der Waals surface area contributed by atoms with Crippen LogP contribution in [0.25, 0.3) is 0 Å². The minimum absolute atomic E-state index is 0.0801. The Morgan fingerprint density at radius 2 is 1.71 bits per heavy atom. The van der Waals surface area contributed by atoms with Gasteiger partial charge in [0.2, 0.25) is 0 Å². The van der Waals surface area contributed by atoms with E-state index in [1.54, 1.807) is 12.1 Å². The lowest BCUT2D eigenvalue weighted by atomic mass is 9.96. The van der Waals surface area contributed by atoms with E-state index in [0.717, 1.165) is 0 Å². The molecule has 6 heteroatoms. The molecule has 126 valence electrons. The van der Waals surface area contributed by atoms with Crippen LogP contribution in [-0.4, -0.2) is 41.2 Å². The Morgan fingerprint density at radius 3 is 2.17 bits per heavy atom. The molecule has 6 nitrogen and oxygen atoms in total.